The first-order valence-corrected chi connectivity index (χ1v) is 3.97. The first-order valence-electron chi connectivity index (χ1n) is 3.97. The normalized spacial score (nSPS) is 11.1. The molecule has 1 aromatic carbocycles. The molecule has 1 rings (SSSR count). The van der Waals surface area contributed by atoms with Gasteiger partial charge in [-0.3, -0.25) is 0 Å². The summed E-state index contributed by atoms with van der Waals surface area (Å²) in [5.74, 6) is -1.45. The van der Waals surface area contributed by atoms with Crippen molar-refractivity contribution in [3.05, 3.63) is 54.4 Å². The molecule has 0 saturated heterocycles. The quantitative estimate of drug-likeness (QED) is 0.590. The Labute approximate surface area is 81.0 Å². The molecule has 3 heteroatoms. The Morgan fingerprint density at radius 3 is 2.36 bits per heavy atom. The molecule has 1 aromatic rings. The van der Waals surface area contributed by atoms with Crippen LogP contribution < -0.4 is 0 Å². The molecule has 0 heterocycles. The fourth-order valence-corrected chi connectivity index (χ4v) is 1.04. The highest BCUT2D eigenvalue weighted by molar-refractivity contribution is 6.15. The zero-order chi connectivity index (χ0) is 10.6. The highest BCUT2D eigenvalue weighted by atomic mass is 19.1. The lowest BCUT2D eigenvalue weighted by Crippen LogP contribution is -1.99. The fraction of sp³-hybridized carbons (Fsp3) is 0. The maximum atomic E-state index is 12.5. The summed E-state index contributed by atoms with van der Waals surface area (Å²) in [5, 5.41) is 8.82. The molecular weight excluding hydrogens is 183 g/mol. The Bertz CT molecular complexity index is 377. The van der Waals surface area contributed by atoms with Crippen LogP contribution >= 0.6 is 0 Å². The van der Waals surface area contributed by atoms with Crippen LogP contribution in [0.15, 0.2) is 43.0 Å². The molecule has 0 radical (unpaired) electrons. The average molecular weight is 192 g/mol. The molecule has 1 N–H and O–H groups in total. The molecule has 0 fully saturated rings. The van der Waals surface area contributed by atoms with Crippen LogP contribution in [0.5, 0.6) is 0 Å². The second kappa shape index (κ2) is 4.37. The third kappa shape index (κ3) is 2.29. The van der Waals surface area contributed by atoms with Gasteiger partial charge in [0, 0.05) is 0 Å². The maximum Gasteiger partial charge on any atom is 0.336 e. The second-order valence-corrected chi connectivity index (χ2v) is 2.63. The Hall–Kier alpha value is -1.90. The summed E-state index contributed by atoms with van der Waals surface area (Å²) < 4.78 is 12.5. The van der Waals surface area contributed by atoms with Crippen molar-refractivity contribution in [2.45, 2.75) is 0 Å². The van der Waals surface area contributed by atoms with Gasteiger partial charge in [-0.25, -0.2) is 9.18 Å². The number of carbonyl (C=O) groups is 1. The van der Waals surface area contributed by atoms with Crippen LogP contribution in [0.25, 0.3) is 5.57 Å². The van der Waals surface area contributed by atoms with Gasteiger partial charge in [0.25, 0.3) is 0 Å². The molecule has 72 valence electrons. The van der Waals surface area contributed by atoms with Crippen molar-refractivity contribution in [1.29, 1.82) is 0 Å². The molecular formula is C11H9FO2. The number of hydrogen-bond donors (Lipinski definition) is 1. The van der Waals surface area contributed by atoms with E-state index in [2.05, 4.69) is 6.58 Å². The molecule has 0 aliphatic rings. The van der Waals surface area contributed by atoms with Crippen LogP contribution in [0, 0.1) is 5.82 Å². The van der Waals surface area contributed by atoms with Gasteiger partial charge in [-0.05, 0) is 23.8 Å². The molecule has 0 aliphatic carbocycles. The van der Waals surface area contributed by atoms with Gasteiger partial charge in [0.2, 0.25) is 0 Å². The average Bonchev–Trinajstić information content (AvgIpc) is 2.15. The van der Waals surface area contributed by atoms with Gasteiger partial charge < -0.3 is 5.11 Å². The SMILES string of the molecule is C=C/C=C(/C(=O)O)c1ccc(F)cc1. The number of halogens is 1. The minimum atomic E-state index is -1.06. The van der Waals surface area contributed by atoms with Crippen molar-refractivity contribution in [3.63, 3.8) is 0 Å². The molecule has 0 aliphatic heterocycles. The van der Waals surface area contributed by atoms with Gasteiger partial charge in [-0.15, -0.1) is 0 Å². The van der Waals surface area contributed by atoms with Crippen LogP contribution in [0.2, 0.25) is 0 Å². The molecule has 0 amide bonds. The zero-order valence-corrected chi connectivity index (χ0v) is 7.40. The van der Waals surface area contributed by atoms with E-state index < -0.39 is 11.8 Å². The summed E-state index contributed by atoms with van der Waals surface area (Å²) in [4.78, 5) is 10.8. The van der Waals surface area contributed by atoms with E-state index in [0.717, 1.165) is 0 Å². The van der Waals surface area contributed by atoms with E-state index in [4.69, 9.17) is 5.11 Å². The monoisotopic (exact) mass is 192 g/mol. The molecule has 0 saturated carbocycles. The standard InChI is InChI=1S/C11H9FO2/c1-2-3-10(11(13)14)8-4-6-9(12)7-5-8/h2-7H,1H2,(H,13,14)/b10-3+. The first-order chi connectivity index (χ1) is 6.65. The van der Waals surface area contributed by atoms with E-state index in [1.165, 1.54) is 36.4 Å². The molecule has 14 heavy (non-hydrogen) atoms. The zero-order valence-electron chi connectivity index (χ0n) is 7.40. The summed E-state index contributed by atoms with van der Waals surface area (Å²) in [6.07, 6.45) is 2.75. The van der Waals surface area contributed by atoms with Gasteiger partial charge in [0.05, 0.1) is 5.57 Å². The summed E-state index contributed by atoms with van der Waals surface area (Å²) in [6.45, 7) is 3.41. The molecule has 0 atom stereocenters. The van der Waals surface area contributed by atoms with Gasteiger partial charge in [0.1, 0.15) is 5.82 Å². The third-order valence-corrected chi connectivity index (χ3v) is 1.67. The lowest BCUT2D eigenvalue weighted by Gasteiger charge is -2.00. The number of rotatable bonds is 3. The minimum Gasteiger partial charge on any atom is -0.478 e. The lowest BCUT2D eigenvalue weighted by molar-refractivity contribution is -0.130. The molecule has 0 unspecified atom stereocenters. The predicted octanol–water partition coefficient (Wildman–Crippen LogP) is 2.48. The van der Waals surface area contributed by atoms with Crippen molar-refractivity contribution < 1.29 is 14.3 Å². The summed E-state index contributed by atoms with van der Waals surface area (Å²) in [7, 11) is 0. The number of hydrogen-bond acceptors (Lipinski definition) is 1. The largest absolute Gasteiger partial charge is 0.478 e. The smallest absolute Gasteiger partial charge is 0.336 e. The van der Waals surface area contributed by atoms with E-state index >= 15 is 0 Å². The number of carboxylic acid groups (broad SMARTS) is 1. The van der Waals surface area contributed by atoms with Crippen LogP contribution in [-0.4, -0.2) is 11.1 Å². The van der Waals surface area contributed by atoms with Crippen molar-refractivity contribution in [3.8, 4) is 0 Å². The Kier molecular flexibility index (Phi) is 3.18. The van der Waals surface area contributed by atoms with E-state index in [9.17, 15) is 9.18 Å². The highest BCUT2D eigenvalue weighted by Crippen LogP contribution is 2.15. The molecule has 0 bridgehead atoms. The van der Waals surface area contributed by atoms with Crippen molar-refractivity contribution in [2.24, 2.45) is 0 Å². The minimum absolute atomic E-state index is 0.0972. The Balaban J connectivity index is 3.12. The van der Waals surface area contributed by atoms with E-state index in [-0.39, 0.29) is 5.57 Å². The summed E-state index contributed by atoms with van der Waals surface area (Å²) in [5.41, 5.74) is 0.554. The first kappa shape index (κ1) is 10.2. The topological polar surface area (TPSA) is 37.3 Å². The number of benzene rings is 1. The predicted molar refractivity (Wildman–Crippen MR) is 52.2 cm³/mol. The van der Waals surface area contributed by atoms with Gasteiger partial charge in [-0.2, -0.15) is 0 Å². The fourth-order valence-electron chi connectivity index (χ4n) is 1.04. The van der Waals surface area contributed by atoms with Crippen LogP contribution in [0.4, 0.5) is 4.39 Å². The Morgan fingerprint density at radius 1 is 1.36 bits per heavy atom. The maximum absolute atomic E-state index is 12.5. The number of allylic oxidation sites excluding steroid dienone is 2. The van der Waals surface area contributed by atoms with Gasteiger partial charge >= 0.3 is 5.97 Å². The summed E-state index contributed by atoms with van der Waals surface area (Å²) >= 11 is 0. The van der Waals surface area contributed by atoms with Gasteiger partial charge in [-0.1, -0.05) is 24.8 Å². The molecule has 0 aromatic heterocycles. The van der Waals surface area contributed by atoms with Crippen molar-refractivity contribution in [1.82, 2.24) is 0 Å². The Morgan fingerprint density at radius 2 is 1.93 bits per heavy atom. The van der Waals surface area contributed by atoms with Crippen LogP contribution in [0.3, 0.4) is 0 Å². The number of carboxylic acids is 1. The van der Waals surface area contributed by atoms with E-state index in [1.807, 2.05) is 0 Å². The summed E-state index contributed by atoms with van der Waals surface area (Å²) in [6, 6.07) is 5.27. The third-order valence-electron chi connectivity index (χ3n) is 1.67. The second-order valence-electron chi connectivity index (χ2n) is 2.63. The van der Waals surface area contributed by atoms with Crippen LogP contribution in [0.1, 0.15) is 5.56 Å². The molecule has 0 spiro atoms. The molecule has 2 nitrogen and oxygen atoms in total. The van der Waals surface area contributed by atoms with E-state index in [0.29, 0.717) is 5.56 Å². The van der Waals surface area contributed by atoms with Crippen molar-refractivity contribution in [2.75, 3.05) is 0 Å². The highest BCUT2D eigenvalue weighted by Gasteiger charge is 2.08. The van der Waals surface area contributed by atoms with E-state index in [1.54, 1.807) is 0 Å². The van der Waals surface area contributed by atoms with Crippen LogP contribution in [-0.2, 0) is 4.79 Å². The van der Waals surface area contributed by atoms with Gasteiger partial charge in [0.15, 0.2) is 0 Å². The number of aliphatic carboxylic acids is 1. The van der Waals surface area contributed by atoms with Crippen molar-refractivity contribution >= 4 is 11.5 Å². The lowest BCUT2D eigenvalue weighted by atomic mass is 10.1.